The highest BCUT2D eigenvalue weighted by atomic mass is 35.5. The summed E-state index contributed by atoms with van der Waals surface area (Å²) in [4.78, 5) is 30.4. The first kappa shape index (κ1) is 16.7. The molecular formula is C16H17ClN4O2S. The van der Waals surface area contributed by atoms with E-state index in [2.05, 4.69) is 15.6 Å². The molecule has 2 heterocycles. The van der Waals surface area contributed by atoms with E-state index in [1.807, 2.05) is 24.3 Å². The third kappa shape index (κ3) is 3.52. The molecule has 1 aromatic carbocycles. The van der Waals surface area contributed by atoms with Crippen LogP contribution in [0, 0.1) is 0 Å². The number of hydrogen-bond donors (Lipinski definition) is 2. The summed E-state index contributed by atoms with van der Waals surface area (Å²) >= 11 is 7.24. The van der Waals surface area contributed by atoms with Gasteiger partial charge in [-0.05, 0) is 31.5 Å². The number of rotatable bonds is 5. The molecule has 24 heavy (non-hydrogen) atoms. The summed E-state index contributed by atoms with van der Waals surface area (Å²) in [5.41, 5.74) is 0.998. The zero-order chi connectivity index (χ0) is 17.3. The zero-order valence-corrected chi connectivity index (χ0v) is 14.9. The van der Waals surface area contributed by atoms with Gasteiger partial charge in [0.1, 0.15) is 5.54 Å². The normalized spacial score (nSPS) is 16.4. The number of amides is 3. The van der Waals surface area contributed by atoms with Crippen molar-refractivity contribution in [3.8, 4) is 0 Å². The molecule has 3 amide bonds. The summed E-state index contributed by atoms with van der Waals surface area (Å²) in [5, 5.41) is 5.95. The molecule has 8 heteroatoms. The minimum absolute atomic E-state index is 0.211. The van der Waals surface area contributed by atoms with Crippen LogP contribution >= 0.6 is 22.9 Å². The van der Waals surface area contributed by atoms with E-state index in [0.717, 1.165) is 16.1 Å². The van der Waals surface area contributed by atoms with Crippen LogP contribution in [0.15, 0.2) is 30.5 Å². The first-order chi connectivity index (χ1) is 11.3. The van der Waals surface area contributed by atoms with Crippen LogP contribution in [0.25, 0.3) is 0 Å². The molecule has 1 saturated heterocycles. The Bertz CT molecular complexity index is 773. The van der Waals surface area contributed by atoms with E-state index >= 15 is 0 Å². The minimum Gasteiger partial charge on any atom is -0.380 e. The van der Waals surface area contributed by atoms with Gasteiger partial charge in [-0.2, -0.15) is 0 Å². The molecule has 126 valence electrons. The maximum atomic E-state index is 12.2. The lowest BCUT2D eigenvalue weighted by molar-refractivity contribution is -0.130. The highest BCUT2D eigenvalue weighted by molar-refractivity contribution is 7.15. The Balaban J connectivity index is 1.60. The molecule has 1 aliphatic rings. The quantitative estimate of drug-likeness (QED) is 0.799. The molecule has 2 aromatic rings. The van der Waals surface area contributed by atoms with Crippen LogP contribution in [0.4, 0.5) is 10.5 Å². The van der Waals surface area contributed by atoms with Crippen molar-refractivity contribution in [2.45, 2.75) is 32.5 Å². The second-order valence-corrected chi connectivity index (χ2v) is 7.77. The monoisotopic (exact) mass is 364 g/mol. The molecule has 6 nitrogen and oxygen atoms in total. The van der Waals surface area contributed by atoms with E-state index in [1.54, 1.807) is 20.0 Å². The third-order valence-electron chi connectivity index (χ3n) is 3.73. The fourth-order valence-corrected chi connectivity index (χ4v) is 3.34. The van der Waals surface area contributed by atoms with Crippen molar-refractivity contribution in [1.29, 1.82) is 0 Å². The van der Waals surface area contributed by atoms with Crippen molar-refractivity contribution < 1.29 is 9.59 Å². The lowest BCUT2D eigenvalue weighted by Crippen LogP contribution is -2.40. The van der Waals surface area contributed by atoms with Gasteiger partial charge in [-0.3, -0.25) is 9.69 Å². The number of thiazole rings is 1. The third-order valence-corrected chi connectivity index (χ3v) is 4.85. The predicted molar refractivity (Wildman–Crippen MR) is 94.1 cm³/mol. The number of hydrogen-bond acceptors (Lipinski definition) is 5. The second kappa shape index (κ2) is 6.41. The number of carbonyl (C=O) groups is 2. The Morgan fingerprint density at radius 1 is 1.29 bits per heavy atom. The molecule has 0 bridgehead atoms. The van der Waals surface area contributed by atoms with Gasteiger partial charge >= 0.3 is 6.03 Å². The molecule has 1 aromatic heterocycles. The van der Waals surface area contributed by atoms with Crippen molar-refractivity contribution >= 4 is 40.6 Å². The van der Waals surface area contributed by atoms with Gasteiger partial charge in [0, 0.05) is 16.8 Å². The summed E-state index contributed by atoms with van der Waals surface area (Å²) in [6.45, 7) is 4.31. The Morgan fingerprint density at radius 3 is 2.54 bits per heavy atom. The van der Waals surface area contributed by atoms with E-state index in [9.17, 15) is 9.59 Å². The van der Waals surface area contributed by atoms with Gasteiger partial charge in [0.25, 0.3) is 5.91 Å². The van der Waals surface area contributed by atoms with Gasteiger partial charge < -0.3 is 10.6 Å². The summed E-state index contributed by atoms with van der Waals surface area (Å²) < 4.78 is 0.527. The van der Waals surface area contributed by atoms with E-state index < -0.39 is 5.54 Å². The van der Waals surface area contributed by atoms with Gasteiger partial charge in [0.2, 0.25) is 0 Å². The Hall–Kier alpha value is -2.12. The van der Waals surface area contributed by atoms with Crippen molar-refractivity contribution in [3.63, 3.8) is 0 Å². The topological polar surface area (TPSA) is 74.3 Å². The largest absolute Gasteiger partial charge is 0.380 e. The maximum absolute atomic E-state index is 12.2. The fourth-order valence-electron chi connectivity index (χ4n) is 2.43. The standard InChI is InChI=1S/C16H17ClN4O2S/c1-16(2)13(22)21(15(23)20-16)9-10-3-5-11(6-4-10)18-7-12-8-19-14(17)24-12/h3-6,8,18H,7,9H2,1-2H3,(H,20,23). The van der Waals surface area contributed by atoms with Crippen LogP contribution < -0.4 is 10.6 Å². The first-order valence-electron chi connectivity index (χ1n) is 7.42. The highest BCUT2D eigenvalue weighted by Crippen LogP contribution is 2.21. The summed E-state index contributed by atoms with van der Waals surface area (Å²) in [6.07, 6.45) is 1.74. The highest BCUT2D eigenvalue weighted by Gasteiger charge is 2.43. The molecule has 3 rings (SSSR count). The SMILES string of the molecule is CC1(C)NC(=O)N(Cc2ccc(NCc3cnc(Cl)s3)cc2)C1=O. The molecule has 2 N–H and O–H groups in total. The smallest absolute Gasteiger partial charge is 0.325 e. The molecule has 0 atom stereocenters. The number of anilines is 1. The summed E-state index contributed by atoms with van der Waals surface area (Å²) in [6, 6.07) is 7.28. The average molecular weight is 365 g/mol. The van der Waals surface area contributed by atoms with Crippen molar-refractivity contribution in [1.82, 2.24) is 15.2 Å². The van der Waals surface area contributed by atoms with E-state index in [4.69, 9.17) is 11.6 Å². The first-order valence-corrected chi connectivity index (χ1v) is 8.62. The van der Waals surface area contributed by atoms with Crippen molar-refractivity contribution in [3.05, 3.63) is 45.4 Å². The molecule has 0 unspecified atom stereocenters. The minimum atomic E-state index is -0.839. The number of benzene rings is 1. The molecule has 0 spiro atoms. The summed E-state index contributed by atoms with van der Waals surface area (Å²) in [5.74, 6) is -0.211. The van der Waals surface area contributed by atoms with Crippen LogP contribution in [-0.2, 0) is 17.9 Å². The molecule has 0 saturated carbocycles. The van der Waals surface area contributed by atoms with Gasteiger partial charge in [-0.1, -0.05) is 23.7 Å². The molecule has 1 aliphatic heterocycles. The second-order valence-electron chi connectivity index (χ2n) is 6.08. The molecule has 1 fully saturated rings. The number of urea groups is 1. The van der Waals surface area contributed by atoms with E-state index in [1.165, 1.54) is 16.2 Å². The Kier molecular flexibility index (Phi) is 4.47. The van der Waals surface area contributed by atoms with Gasteiger partial charge in [0.05, 0.1) is 13.1 Å². The summed E-state index contributed by atoms with van der Waals surface area (Å²) in [7, 11) is 0. The van der Waals surface area contributed by atoms with Gasteiger partial charge in [-0.15, -0.1) is 11.3 Å². The number of nitrogens with zero attached hydrogens (tertiary/aromatic N) is 2. The van der Waals surface area contributed by atoms with Crippen LogP contribution in [0.1, 0.15) is 24.3 Å². The maximum Gasteiger partial charge on any atom is 0.325 e. The van der Waals surface area contributed by atoms with E-state index in [-0.39, 0.29) is 18.5 Å². The number of aromatic nitrogens is 1. The molecule has 0 aliphatic carbocycles. The average Bonchev–Trinajstić information content (AvgIpc) is 3.03. The van der Waals surface area contributed by atoms with Crippen LogP contribution in [0.3, 0.4) is 0 Å². The van der Waals surface area contributed by atoms with Crippen molar-refractivity contribution in [2.24, 2.45) is 0 Å². The van der Waals surface area contributed by atoms with Gasteiger partial charge in [0.15, 0.2) is 4.47 Å². The lowest BCUT2D eigenvalue weighted by atomic mass is 10.1. The fraction of sp³-hybridized carbons (Fsp3) is 0.312. The number of imide groups is 1. The Labute approximate surface area is 148 Å². The lowest BCUT2D eigenvalue weighted by Gasteiger charge is -2.16. The van der Waals surface area contributed by atoms with Crippen LogP contribution in [-0.4, -0.2) is 27.4 Å². The Morgan fingerprint density at radius 2 is 2.00 bits per heavy atom. The number of halogens is 1. The van der Waals surface area contributed by atoms with Crippen molar-refractivity contribution in [2.75, 3.05) is 5.32 Å². The van der Waals surface area contributed by atoms with E-state index in [0.29, 0.717) is 11.0 Å². The van der Waals surface area contributed by atoms with Gasteiger partial charge in [-0.25, -0.2) is 9.78 Å². The zero-order valence-electron chi connectivity index (χ0n) is 13.3. The van der Waals surface area contributed by atoms with Crippen LogP contribution in [0.5, 0.6) is 0 Å². The number of carbonyl (C=O) groups excluding carboxylic acids is 2. The predicted octanol–water partition coefficient (Wildman–Crippen LogP) is 3.24. The van der Waals surface area contributed by atoms with Crippen LogP contribution in [0.2, 0.25) is 4.47 Å². The number of nitrogens with one attached hydrogen (secondary N) is 2. The molecular weight excluding hydrogens is 348 g/mol. The molecule has 0 radical (unpaired) electrons.